The van der Waals surface area contributed by atoms with E-state index in [0.29, 0.717) is 19.6 Å². The Morgan fingerprint density at radius 3 is 3.00 bits per heavy atom. The molecule has 1 aliphatic rings. The predicted octanol–water partition coefficient (Wildman–Crippen LogP) is 0.122. The van der Waals surface area contributed by atoms with Crippen LogP contribution in [0.2, 0.25) is 0 Å². The molecule has 1 saturated heterocycles. The number of rotatable bonds is 3. The fraction of sp³-hybridized carbons (Fsp3) is 0.750. The second-order valence-corrected chi connectivity index (χ2v) is 3.19. The van der Waals surface area contributed by atoms with Gasteiger partial charge in [0.25, 0.3) is 0 Å². The van der Waals surface area contributed by atoms with Crippen LogP contribution in [0.3, 0.4) is 0 Å². The summed E-state index contributed by atoms with van der Waals surface area (Å²) in [5.74, 6) is -0.771. The lowest BCUT2D eigenvalue weighted by atomic mass is 10.0. The summed E-state index contributed by atoms with van der Waals surface area (Å²) in [5.41, 5.74) is 0. The van der Waals surface area contributed by atoms with Crippen LogP contribution >= 0.6 is 0 Å². The molecule has 1 rings (SSSR count). The molecule has 1 atom stereocenters. The number of carbonyl (C=O) groups is 2. The van der Waals surface area contributed by atoms with Crippen molar-refractivity contribution < 1.29 is 14.7 Å². The van der Waals surface area contributed by atoms with Crippen LogP contribution in [-0.4, -0.2) is 41.6 Å². The first-order valence-corrected chi connectivity index (χ1v) is 4.38. The Labute approximate surface area is 76.7 Å². The molecule has 1 heterocycles. The van der Waals surface area contributed by atoms with E-state index in [1.807, 2.05) is 6.92 Å². The van der Waals surface area contributed by atoms with Crippen molar-refractivity contribution in [2.45, 2.75) is 13.3 Å². The Morgan fingerprint density at radius 1 is 1.77 bits per heavy atom. The van der Waals surface area contributed by atoms with Crippen LogP contribution in [0.4, 0.5) is 4.79 Å². The van der Waals surface area contributed by atoms with Gasteiger partial charge < -0.3 is 15.3 Å². The van der Waals surface area contributed by atoms with Crippen LogP contribution in [0.5, 0.6) is 0 Å². The van der Waals surface area contributed by atoms with Crippen molar-refractivity contribution in [1.82, 2.24) is 10.2 Å². The zero-order valence-electron chi connectivity index (χ0n) is 7.62. The van der Waals surface area contributed by atoms with Gasteiger partial charge in [0.15, 0.2) is 0 Å². The van der Waals surface area contributed by atoms with Gasteiger partial charge in [0.1, 0.15) is 0 Å². The zero-order chi connectivity index (χ0) is 9.84. The van der Waals surface area contributed by atoms with Crippen molar-refractivity contribution >= 4 is 12.0 Å². The summed E-state index contributed by atoms with van der Waals surface area (Å²) in [6, 6.07) is -0.0934. The van der Waals surface area contributed by atoms with Crippen molar-refractivity contribution in [1.29, 1.82) is 0 Å². The maximum absolute atomic E-state index is 11.1. The average molecular weight is 186 g/mol. The lowest BCUT2D eigenvalue weighted by molar-refractivity contribution is -0.138. The first kappa shape index (κ1) is 9.83. The number of carbonyl (C=O) groups excluding carboxylic acids is 1. The fourth-order valence-electron chi connectivity index (χ4n) is 1.46. The van der Waals surface area contributed by atoms with Gasteiger partial charge in [-0.3, -0.25) is 4.79 Å². The van der Waals surface area contributed by atoms with Crippen molar-refractivity contribution in [3.8, 4) is 0 Å². The highest BCUT2D eigenvalue weighted by Gasteiger charge is 2.25. The molecular formula is C8H14N2O3. The van der Waals surface area contributed by atoms with Crippen LogP contribution in [0.25, 0.3) is 0 Å². The van der Waals surface area contributed by atoms with E-state index in [9.17, 15) is 9.59 Å². The summed E-state index contributed by atoms with van der Waals surface area (Å²) >= 11 is 0. The monoisotopic (exact) mass is 186 g/mol. The van der Waals surface area contributed by atoms with Crippen LogP contribution in [0.15, 0.2) is 0 Å². The van der Waals surface area contributed by atoms with E-state index in [1.165, 1.54) is 0 Å². The minimum atomic E-state index is -0.808. The molecule has 0 radical (unpaired) electrons. The van der Waals surface area contributed by atoms with E-state index < -0.39 is 5.97 Å². The molecule has 0 aromatic rings. The topological polar surface area (TPSA) is 69.6 Å². The highest BCUT2D eigenvalue weighted by atomic mass is 16.4. The van der Waals surface area contributed by atoms with Gasteiger partial charge in [-0.1, -0.05) is 0 Å². The largest absolute Gasteiger partial charge is 0.481 e. The number of amides is 2. The number of nitrogens with zero attached hydrogens (tertiary/aromatic N) is 1. The summed E-state index contributed by atoms with van der Waals surface area (Å²) < 4.78 is 0. The molecule has 74 valence electrons. The number of aliphatic carboxylic acids is 1. The number of carboxylic acids is 1. The van der Waals surface area contributed by atoms with Crippen molar-refractivity contribution in [3.63, 3.8) is 0 Å². The summed E-state index contributed by atoms with van der Waals surface area (Å²) in [6.07, 6.45) is 0.122. The van der Waals surface area contributed by atoms with Gasteiger partial charge in [-0.05, 0) is 6.92 Å². The van der Waals surface area contributed by atoms with Gasteiger partial charge in [0.05, 0.1) is 6.42 Å². The molecule has 1 fully saturated rings. The number of carboxylic acid groups (broad SMARTS) is 1. The third-order valence-corrected chi connectivity index (χ3v) is 2.15. The molecule has 0 aromatic heterocycles. The molecule has 0 saturated carbocycles. The molecule has 5 heteroatoms. The van der Waals surface area contributed by atoms with Gasteiger partial charge in [0.2, 0.25) is 0 Å². The van der Waals surface area contributed by atoms with Crippen LogP contribution in [-0.2, 0) is 4.79 Å². The summed E-state index contributed by atoms with van der Waals surface area (Å²) in [4.78, 5) is 23.2. The SMILES string of the molecule is CCN1CC(CC(=O)O)CNC1=O. The Kier molecular flexibility index (Phi) is 3.11. The number of nitrogens with one attached hydrogen (secondary N) is 1. The third kappa shape index (κ3) is 2.61. The van der Waals surface area contributed by atoms with Crippen LogP contribution < -0.4 is 5.32 Å². The third-order valence-electron chi connectivity index (χ3n) is 2.15. The van der Waals surface area contributed by atoms with E-state index in [1.54, 1.807) is 4.90 Å². The zero-order valence-corrected chi connectivity index (χ0v) is 7.62. The summed E-state index contributed by atoms with van der Waals surface area (Å²) in [6.45, 7) is 3.53. The van der Waals surface area contributed by atoms with E-state index in [2.05, 4.69) is 5.32 Å². The molecular weight excluding hydrogens is 172 g/mol. The number of urea groups is 1. The lowest BCUT2D eigenvalue weighted by Gasteiger charge is -2.31. The van der Waals surface area contributed by atoms with Gasteiger partial charge in [-0.2, -0.15) is 0 Å². The van der Waals surface area contributed by atoms with E-state index in [0.717, 1.165) is 0 Å². The van der Waals surface area contributed by atoms with E-state index in [-0.39, 0.29) is 18.4 Å². The molecule has 0 aliphatic carbocycles. The average Bonchev–Trinajstić information content (AvgIpc) is 2.07. The van der Waals surface area contributed by atoms with Gasteiger partial charge >= 0.3 is 12.0 Å². The Hall–Kier alpha value is -1.26. The minimum Gasteiger partial charge on any atom is -0.481 e. The highest BCUT2D eigenvalue weighted by molar-refractivity contribution is 5.75. The lowest BCUT2D eigenvalue weighted by Crippen LogP contribution is -2.51. The summed E-state index contributed by atoms with van der Waals surface area (Å²) in [7, 11) is 0. The maximum Gasteiger partial charge on any atom is 0.317 e. The molecule has 13 heavy (non-hydrogen) atoms. The molecule has 0 aromatic carbocycles. The molecule has 1 unspecified atom stereocenters. The van der Waals surface area contributed by atoms with Crippen molar-refractivity contribution in [3.05, 3.63) is 0 Å². The second kappa shape index (κ2) is 4.11. The van der Waals surface area contributed by atoms with Gasteiger partial charge in [-0.15, -0.1) is 0 Å². The minimum absolute atomic E-state index is 0.0372. The summed E-state index contributed by atoms with van der Waals surface area (Å²) in [5, 5.41) is 11.2. The Morgan fingerprint density at radius 2 is 2.46 bits per heavy atom. The van der Waals surface area contributed by atoms with Gasteiger partial charge in [-0.25, -0.2) is 4.79 Å². The predicted molar refractivity (Wildman–Crippen MR) is 46.4 cm³/mol. The Bertz CT molecular complexity index is 217. The van der Waals surface area contributed by atoms with Crippen LogP contribution in [0.1, 0.15) is 13.3 Å². The van der Waals surface area contributed by atoms with Crippen molar-refractivity contribution in [2.75, 3.05) is 19.6 Å². The smallest absolute Gasteiger partial charge is 0.317 e. The van der Waals surface area contributed by atoms with E-state index in [4.69, 9.17) is 5.11 Å². The normalized spacial score (nSPS) is 22.7. The molecule has 0 spiro atoms. The van der Waals surface area contributed by atoms with Crippen LogP contribution in [0, 0.1) is 5.92 Å². The van der Waals surface area contributed by atoms with Gasteiger partial charge in [0, 0.05) is 25.6 Å². The maximum atomic E-state index is 11.1. The molecule has 2 N–H and O–H groups in total. The first-order valence-electron chi connectivity index (χ1n) is 4.38. The highest BCUT2D eigenvalue weighted by Crippen LogP contribution is 2.10. The number of hydrogen-bond donors (Lipinski definition) is 2. The van der Waals surface area contributed by atoms with Crippen molar-refractivity contribution in [2.24, 2.45) is 5.92 Å². The fourth-order valence-corrected chi connectivity index (χ4v) is 1.46. The molecule has 2 amide bonds. The first-order chi connectivity index (χ1) is 6.13. The number of hydrogen-bond acceptors (Lipinski definition) is 2. The van der Waals surface area contributed by atoms with E-state index >= 15 is 0 Å². The Balaban J connectivity index is 2.44. The molecule has 1 aliphatic heterocycles. The quantitative estimate of drug-likeness (QED) is 0.657. The standard InChI is InChI=1S/C8H14N2O3/c1-2-10-5-6(3-7(11)12)4-9-8(10)13/h6H,2-5H2,1H3,(H,9,13)(H,11,12). The second-order valence-electron chi connectivity index (χ2n) is 3.19. The molecule has 5 nitrogen and oxygen atoms in total. The molecule has 0 bridgehead atoms.